The van der Waals surface area contributed by atoms with E-state index in [-0.39, 0.29) is 0 Å². The van der Waals surface area contributed by atoms with E-state index in [1.165, 1.54) is 0 Å². The minimum atomic E-state index is 0.358. The fourth-order valence-electron chi connectivity index (χ4n) is 1.97. The summed E-state index contributed by atoms with van der Waals surface area (Å²) in [6.45, 7) is 3.57. The van der Waals surface area contributed by atoms with Crippen LogP contribution < -0.4 is 0 Å². The van der Waals surface area contributed by atoms with Crippen LogP contribution in [0.5, 0.6) is 0 Å². The summed E-state index contributed by atoms with van der Waals surface area (Å²) in [6, 6.07) is 9.36. The van der Waals surface area contributed by atoms with E-state index in [1.807, 2.05) is 31.2 Å². The number of aromatic nitrogens is 3. The molecule has 5 nitrogen and oxygen atoms in total. The zero-order chi connectivity index (χ0) is 13.4. The summed E-state index contributed by atoms with van der Waals surface area (Å²) in [5.74, 6) is 1.20. The zero-order valence-corrected chi connectivity index (χ0v) is 10.5. The third-order valence-electron chi connectivity index (χ3n) is 2.74. The summed E-state index contributed by atoms with van der Waals surface area (Å²) < 4.78 is 5.50. The third-order valence-corrected chi connectivity index (χ3v) is 2.74. The lowest BCUT2D eigenvalue weighted by Crippen LogP contribution is -1.94. The molecule has 3 rings (SSSR count). The van der Waals surface area contributed by atoms with Crippen molar-refractivity contribution >= 4 is 11.1 Å². The summed E-state index contributed by atoms with van der Waals surface area (Å²) in [5, 5.41) is 8.94. The average Bonchev–Trinajstić information content (AvgIpc) is 2.76. The summed E-state index contributed by atoms with van der Waals surface area (Å²) >= 11 is 0. The van der Waals surface area contributed by atoms with Crippen LogP contribution in [0.4, 0.5) is 0 Å². The molecule has 0 fully saturated rings. The van der Waals surface area contributed by atoms with Crippen molar-refractivity contribution in [2.75, 3.05) is 0 Å². The Labute approximate surface area is 109 Å². The van der Waals surface area contributed by atoms with E-state index in [0.29, 0.717) is 28.7 Å². The zero-order valence-electron chi connectivity index (χ0n) is 10.5. The van der Waals surface area contributed by atoms with Gasteiger partial charge in [-0.15, -0.1) is 0 Å². The number of fused-ring (bicyclic) bond motifs is 1. The second kappa shape index (κ2) is 4.18. The van der Waals surface area contributed by atoms with Crippen molar-refractivity contribution in [3.05, 3.63) is 41.7 Å². The van der Waals surface area contributed by atoms with Gasteiger partial charge in [0.25, 0.3) is 0 Å². The third kappa shape index (κ3) is 2.04. The molecule has 5 heteroatoms. The van der Waals surface area contributed by atoms with Gasteiger partial charge in [0, 0.05) is 18.6 Å². The van der Waals surface area contributed by atoms with E-state index in [9.17, 15) is 0 Å². The Morgan fingerprint density at radius 1 is 1.11 bits per heavy atom. The summed E-state index contributed by atoms with van der Waals surface area (Å²) in [6.07, 6.45) is 0. The van der Waals surface area contributed by atoms with Crippen molar-refractivity contribution in [2.24, 2.45) is 0 Å². The first-order valence-corrected chi connectivity index (χ1v) is 5.79. The molecule has 0 saturated heterocycles. The van der Waals surface area contributed by atoms with Crippen LogP contribution in [0, 0.1) is 25.2 Å². The molecular weight excluding hydrogens is 240 g/mol. The maximum absolute atomic E-state index is 8.94. The Balaban J connectivity index is 2.18. The maximum Gasteiger partial charge on any atom is 0.192 e. The van der Waals surface area contributed by atoms with Gasteiger partial charge < -0.3 is 4.42 Å². The molecule has 1 aromatic carbocycles. The van der Waals surface area contributed by atoms with Crippen molar-refractivity contribution in [1.29, 1.82) is 5.26 Å². The predicted molar refractivity (Wildman–Crippen MR) is 69.2 cm³/mol. The average molecular weight is 250 g/mol. The molecule has 0 atom stereocenters. The highest BCUT2D eigenvalue weighted by molar-refractivity contribution is 5.79. The molecule has 0 bridgehead atoms. The molecule has 0 radical (unpaired) electrons. The lowest BCUT2D eigenvalue weighted by atomic mass is 10.1. The number of hydrogen-bond acceptors (Lipinski definition) is 5. The van der Waals surface area contributed by atoms with Crippen molar-refractivity contribution in [1.82, 2.24) is 15.0 Å². The van der Waals surface area contributed by atoms with Gasteiger partial charge in [0.1, 0.15) is 23.1 Å². The molecule has 0 spiro atoms. The SMILES string of the molecule is Cc1nc(C#N)cc(-c2ccc3nc(C)oc3c2)n1. The van der Waals surface area contributed by atoms with Crippen LogP contribution in [0.2, 0.25) is 0 Å². The van der Waals surface area contributed by atoms with Gasteiger partial charge in [-0.25, -0.2) is 15.0 Å². The van der Waals surface area contributed by atoms with Gasteiger partial charge in [0.05, 0.1) is 5.69 Å². The molecule has 0 aliphatic carbocycles. The molecule has 0 N–H and O–H groups in total. The summed E-state index contributed by atoms with van der Waals surface area (Å²) in [7, 11) is 0. The topological polar surface area (TPSA) is 75.6 Å². The fourth-order valence-corrected chi connectivity index (χ4v) is 1.97. The second-order valence-electron chi connectivity index (χ2n) is 4.21. The molecule has 92 valence electrons. The number of oxazole rings is 1. The van der Waals surface area contributed by atoms with E-state index in [4.69, 9.17) is 9.68 Å². The highest BCUT2D eigenvalue weighted by Gasteiger charge is 2.08. The van der Waals surface area contributed by atoms with E-state index in [1.54, 1.807) is 13.0 Å². The molecule has 0 unspecified atom stereocenters. The van der Waals surface area contributed by atoms with Gasteiger partial charge >= 0.3 is 0 Å². The number of hydrogen-bond donors (Lipinski definition) is 0. The Bertz CT molecular complexity index is 814. The molecule has 0 saturated carbocycles. The summed E-state index contributed by atoms with van der Waals surface area (Å²) in [5.41, 5.74) is 3.47. The van der Waals surface area contributed by atoms with Crippen molar-refractivity contribution in [3.63, 3.8) is 0 Å². The molecule has 19 heavy (non-hydrogen) atoms. The number of benzene rings is 1. The number of nitrogens with zero attached hydrogens (tertiary/aromatic N) is 4. The number of nitriles is 1. The van der Waals surface area contributed by atoms with Crippen molar-refractivity contribution < 1.29 is 4.42 Å². The lowest BCUT2D eigenvalue weighted by molar-refractivity contribution is 0.561. The van der Waals surface area contributed by atoms with Crippen LogP contribution in [-0.4, -0.2) is 15.0 Å². The van der Waals surface area contributed by atoms with Crippen LogP contribution in [0.15, 0.2) is 28.7 Å². The molecule has 0 aliphatic rings. The molecule has 2 heterocycles. The maximum atomic E-state index is 8.94. The fraction of sp³-hybridized carbons (Fsp3) is 0.143. The molecular formula is C14H10N4O. The van der Waals surface area contributed by atoms with Crippen LogP contribution in [0.25, 0.3) is 22.4 Å². The van der Waals surface area contributed by atoms with Gasteiger partial charge in [0.15, 0.2) is 11.5 Å². The first-order valence-electron chi connectivity index (χ1n) is 5.79. The normalized spacial score (nSPS) is 10.6. The number of rotatable bonds is 1. The van der Waals surface area contributed by atoms with Crippen LogP contribution in [0.3, 0.4) is 0 Å². The smallest absolute Gasteiger partial charge is 0.192 e. The van der Waals surface area contributed by atoms with E-state index in [0.717, 1.165) is 11.1 Å². The van der Waals surface area contributed by atoms with E-state index < -0.39 is 0 Å². The molecule has 0 amide bonds. The Kier molecular flexibility index (Phi) is 2.50. The molecule has 0 aliphatic heterocycles. The Hall–Kier alpha value is -2.74. The quantitative estimate of drug-likeness (QED) is 0.663. The predicted octanol–water partition coefficient (Wildman–Crippen LogP) is 2.77. The second-order valence-corrected chi connectivity index (χ2v) is 4.21. The van der Waals surface area contributed by atoms with Crippen molar-refractivity contribution in [3.8, 4) is 17.3 Å². The van der Waals surface area contributed by atoms with Crippen LogP contribution in [-0.2, 0) is 0 Å². The summed E-state index contributed by atoms with van der Waals surface area (Å²) in [4.78, 5) is 12.6. The van der Waals surface area contributed by atoms with Gasteiger partial charge in [-0.1, -0.05) is 6.07 Å². The van der Waals surface area contributed by atoms with Gasteiger partial charge in [-0.3, -0.25) is 0 Å². The highest BCUT2D eigenvalue weighted by atomic mass is 16.3. The standard InChI is InChI=1S/C14H10N4O/c1-8-16-11(7-15)6-13(17-8)10-3-4-12-14(5-10)19-9(2)18-12/h3-6H,1-2H3. The van der Waals surface area contributed by atoms with Gasteiger partial charge in [-0.05, 0) is 19.1 Å². The van der Waals surface area contributed by atoms with Crippen LogP contribution in [0.1, 0.15) is 17.4 Å². The Morgan fingerprint density at radius 2 is 1.95 bits per heavy atom. The lowest BCUT2D eigenvalue weighted by Gasteiger charge is -2.02. The largest absolute Gasteiger partial charge is 0.441 e. The van der Waals surface area contributed by atoms with E-state index >= 15 is 0 Å². The minimum absolute atomic E-state index is 0.358. The monoisotopic (exact) mass is 250 g/mol. The minimum Gasteiger partial charge on any atom is -0.441 e. The molecule has 2 aromatic heterocycles. The Morgan fingerprint density at radius 3 is 2.74 bits per heavy atom. The van der Waals surface area contributed by atoms with Gasteiger partial charge in [-0.2, -0.15) is 5.26 Å². The van der Waals surface area contributed by atoms with Gasteiger partial charge in [0.2, 0.25) is 0 Å². The highest BCUT2D eigenvalue weighted by Crippen LogP contribution is 2.24. The first-order chi connectivity index (χ1) is 9.15. The van der Waals surface area contributed by atoms with Crippen LogP contribution >= 0.6 is 0 Å². The van der Waals surface area contributed by atoms with Crippen molar-refractivity contribution in [2.45, 2.75) is 13.8 Å². The number of aryl methyl sites for hydroxylation is 2. The molecule has 3 aromatic rings. The van der Waals surface area contributed by atoms with E-state index in [2.05, 4.69) is 15.0 Å². The first kappa shape index (κ1) is 11.4.